The molecule has 0 atom stereocenters. The van der Waals surface area contributed by atoms with Crippen LogP contribution in [-0.2, 0) is 9.47 Å². The number of methoxy groups -OCH3 is 2. The Bertz CT molecular complexity index is 472. The topological polar surface area (TPSA) is 51.7 Å². The van der Waals surface area contributed by atoms with Gasteiger partial charge in [0.15, 0.2) is 5.69 Å². The van der Waals surface area contributed by atoms with Crippen LogP contribution in [0.2, 0.25) is 0 Å². The summed E-state index contributed by atoms with van der Waals surface area (Å²) in [5.41, 5.74) is 0.171. The van der Waals surface area contributed by atoms with Crippen molar-refractivity contribution in [3.05, 3.63) is 22.3 Å². The number of nitrogens with zero attached hydrogens (tertiary/aromatic N) is 2. The highest BCUT2D eigenvalue weighted by Gasteiger charge is 2.40. The van der Waals surface area contributed by atoms with Crippen molar-refractivity contribution in [3.63, 3.8) is 0 Å². The predicted molar refractivity (Wildman–Crippen MR) is 70.9 cm³/mol. The second-order valence-electron chi connectivity index (χ2n) is 4.50. The fourth-order valence-electron chi connectivity index (χ4n) is 1.91. The summed E-state index contributed by atoms with van der Waals surface area (Å²) in [4.78, 5) is 17.8. The van der Waals surface area contributed by atoms with E-state index in [9.17, 15) is 4.79 Å². The highest BCUT2D eigenvalue weighted by atomic mass is 79.9. The van der Waals surface area contributed by atoms with Gasteiger partial charge in [-0.05, 0) is 35.0 Å². The molecule has 0 aliphatic carbocycles. The molecule has 0 radical (unpaired) electrons. The van der Waals surface area contributed by atoms with E-state index in [0.717, 1.165) is 23.4 Å². The van der Waals surface area contributed by atoms with Crippen molar-refractivity contribution in [2.24, 2.45) is 0 Å². The van der Waals surface area contributed by atoms with Crippen LogP contribution < -0.4 is 4.90 Å². The third-order valence-corrected chi connectivity index (χ3v) is 3.68. The lowest BCUT2D eigenvalue weighted by atomic mass is 9.96. The van der Waals surface area contributed by atoms with Gasteiger partial charge in [-0.15, -0.1) is 0 Å². The Morgan fingerprint density at radius 2 is 2.11 bits per heavy atom. The molecule has 1 aromatic heterocycles. The van der Waals surface area contributed by atoms with E-state index < -0.39 is 5.97 Å². The van der Waals surface area contributed by atoms with Crippen molar-refractivity contribution in [1.29, 1.82) is 0 Å². The van der Waals surface area contributed by atoms with E-state index in [1.54, 1.807) is 19.2 Å². The predicted octanol–water partition coefficient (Wildman–Crippen LogP) is 1.86. The van der Waals surface area contributed by atoms with Crippen molar-refractivity contribution < 1.29 is 14.3 Å². The molecule has 1 aliphatic heterocycles. The Morgan fingerprint density at radius 1 is 1.44 bits per heavy atom. The molecule has 1 fully saturated rings. The summed E-state index contributed by atoms with van der Waals surface area (Å²) in [6.07, 6.45) is 0. The van der Waals surface area contributed by atoms with Crippen LogP contribution in [0.1, 0.15) is 17.4 Å². The van der Waals surface area contributed by atoms with Crippen molar-refractivity contribution in [1.82, 2.24) is 4.98 Å². The van der Waals surface area contributed by atoms with Gasteiger partial charge in [0.05, 0.1) is 17.2 Å². The fourth-order valence-corrected chi connectivity index (χ4v) is 2.38. The normalized spacial score (nSPS) is 17.2. The molecule has 0 unspecified atom stereocenters. The first-order chi connectivity index (χ1) is 8.49. The highest BCUT2D eigenvalue weighted by Crippen LogP contribution is 2.33. The monoisotopic (exact) mass is 314 g/mol. The van der Waals surface area contributed by atoms with Crippen LogP contribution in [0.5, 0.6) is 0 Å². The van der Waals surface area contributed by atoms with Gasteiger partial charge in [-0.3, -0.25) is 0 Å². The van der Waals surface area contributed by atoms with Crippen LogP contribution in [0.25, 0.3) is 0 Å². The minimum absolute atomic E-state index is 0.137. The molecule has 0 aromatic carbocycles. The van der Waals surface area contributed by atoms with Crippen molar-refractivity contribution in [3.8, 4) is 0 Å². The first-order valence-electron chi connectivity index (χ1n) is 5.54. The molecule has 18 heavy (non-hydrogen) atoms. The molecule has 5 nitrogen and oxygen atoms in total. The van der Waals surface area contributed by atoms with E-state index in [1.165, 1.54) is 7.11 Å². The van der Waals surface area contributed by atoms with Gasteiger partial charge >= 0.3 is 5.97 Å². The van der Waals surface area contributed by atoms with Crippen LogP contribution in [0.4, 0.5) is 5.82 Å². The average molecular weight is 315 g/mol. The summed E-state index contributed by atoms with van der Waals surface area (Å²) in [7, 11) is 3.04. The van der Waals surface area contributed by atoms with Gasteiger partial charge in [-0.25, -0.2) is 9.78 Å². The Morgan fingerprint density at radius 3 is 2.67 bits per heavy atom. The van der Waals surface area contributed by atoms with Gasteiger partial charge in [-0.1, -0.05) is 0 Å². The van der Waals surface area contributed by atoms with Crippen molar-refractivity contribution in [2.45, 2.75) is 12.5 Å². The zero-order chi connectivity index (χ0) is 13.3. The van der Waals surface area contributed by atoms with E-state index in [1.807, 2.05) is 6.92 Å². The number of aromatic nitrogens is 1. The Hall–Kier alpha value is -1.14. The maximum Gasteiger partial charge on any atom is 0.356 e. The number of anilines is 1. The maximum atomic E-state index is 11.4. The lowest BCUT2D eigenvalue weighted by Gasteiger charge is -2.47. The molecule has 2 rings (SSSR count). The zero-order valence-electron chi connectivity index (χ0n) is 10.6. The van der Waals surface area contributed by atoms with Crippen molar-refractivity contribution in [2.75, 3.05) is 32.2 Å². The summed E-state index contributed by atoms with van der Waals surface area (Å²) in [6.45, 7) is 3.54. The molecule has 1 aliphatic rings. The SMILES string of the molecule is COC(=O)c1ccc(Br)c(N2CC(C)(OC)C2)n1. The number of rotatable bonds is 3. The Labute approximate surface area is 114 Å². The number of ether oxygens (including phenoxy) is 2. The minimum Gasteiger partial charge on any atom is -0.464 e. The molecule has 98 valence electrons. The number of esters is 1. The molecule has 0 N–H and O–H groups in total. The van der Waals surface area contributed by atoms with E-state index in [-0.39, 0.29) is 5.60 Å². The van der Waals surface area contributed by atoms with E-state index in [2.05, 4.69) is 30.6 Å². The van der Waals surface area contributed by atoms with Crippen molar-refractivity contribution >= 4 is 27.7 Å². The van der Waals surface area contributed by atoms with Crippen LogP contribution in [0.15, 0.2) is 16.6 Å². The number of carbonyl (C=O) groups excluding carboxylic acids is 1. The second-order valence-corrected chi connectivity index (χ2v) is 5.36. The number of pyridine rings is 1. The molecule has 0 saturated carbocycles. The molecule has 1 aromatic rings. The number of carbonyl (C=O) groups is 1. The molecule has 2 heterocycles. The summed E-state index contributed by atoms with van der Waals surface area (Å²) >= 11 is 3.44. The van der Waals surface area contributed by atoms with Crippen LogP contribution >= 0.6 is 15.9 Å². The van der Waals surface area contributed by atoms with Crippen LogP contribution in [-0.4, -0.2) is 43.9 Å². The third-order valence-electron chi connectivity index (χ3n) is 3.07. The summed E-state index contributed by atoms with van der Waals surface area (Å²) in [5.74, 6) is 0.311. The molecule has 1 saturated heterocycles. The van der Waals surface area contributed by atoms with Gasteiger partial charge in [0.1, 0.15) is 5.82 Å². The molecular weight excluding hydrogens is 300 g/mol. The summed E-state index contributed by atoms with van der Waals surface area (Å²) in [6, 6.07) is 3.44. The highest BCUT2D eigenvalue weighted by molar-refractivity contribution is 9.10. The Balaban J connectivity index is 2.21. The molecule has 6 heteroatoms. The van der Waals surface area contributed by atoms with Crippen LogP contribution in [0, 0.1) is 0 Å². The van der Waals surface area contributed by atoms with Gasteiger partial charge in [0, 0.05) is 20.2 Å². The van der Waals surface area contributed by atoms with E-state index in [0.29, 0.717) is 5.69 Å². The smallest absolute Gasteiger partial charge is 0.356 e. The zero-order valence-corrected chi connectivity index (χ0v) is 12.2. The maximum absolute atomic E-state index is 11.4. The number of hydrogen-bond donors (Lipinski definition) is 0. The first kappa shape index (κ1) is 13.3. The lowest BCUT2D eigenvalue weighted by molar-refractivity contribution is -0.0172. The first-order valence-corrected chi connectivity index (χ1v) is 6.33. The summed E-state index contributed by atoms with van der Waals surface area (Å²) < 4.78 is 10.9. The number of hydrogen-bond acceptors (Lipinski definition) is 5. The molecule has 0 spiro atoms. The minimum atomic E-state index is -0.432. The quantitative estimate of drug-likeness (QED) is 0.797. The number of halogens is 1. The van der Waals surface area contributed by atoms with Crippen LogP contribution in [0.3, 0.4) is 0 Å². The lowest BCUT2D eigenvalue weighted by Crippen LogP contribution is -2.61. The third kappa shape index (κ3) is 2.35. The van der Waals surface area contributed by atoms with E-state index >= 15 is 0 Å². The molecule has 0 amide bonds. The van der Waals surface area contributed by atoms with Gasteiger partial charge in [0.25, 0.3) is 0 Å². The van der Waals surface area contributed by atoms with E-state index in [4.69, 9.17) is 4.74 Å². The largest absolute Gasteiger partial charge is 0.464 e. The second kappa shape index (κ2) is 4.85. The molecule has 0 bridgehead atoms. The molecular formula is C12H15BrN2O3. The Kier molecular flexibility index (Phi) is 3.59. The standard InChI is InChI=1S/C12H15BrN2O3/c1-12(18-3)6-15(7-12)10-8(13)4-5-9(14-10)11(16)17-2/h4-5H,6-7H2,1-3H3. The average Bonchev–Trinajstić information content (AvgIpc) is 2.35. The van der Waals surface area contributed by atoms with Gasteiger partial charge in [0.2, 0.25) is 0 Å². The van der Waals surface area contributed by atoms with Gasteiger partial charge < -0.3 is 14.4 Å². The summed E-state index contributed by atoms with van der Waals surface area (Å²) in [5, 5.41) is 0. The fraction of sp³-hybridized carbons (Fsp3) is 0.500. The van der Waals surface area contributed by atoms with Gasteiger partial charge in [-0.2, -0.15) is 0 Å².